The summed E-state index contributed by atoms with van der Waals surface area (Å²) in [6, 6.07) is 3.87. The smallest absolute Gasteiger partial charge is 0.329 e. The Labute approximate surface area is 184 Å². The van der Waals surface area contributed by atoms with Gasteiger partial charge in [-0.2, -0.15) is 0 Å². The number of esters is 1. The largest absolute Gasteiger partial charge is 0.497 e. The molecule has 8 heteroatoms. The molecular weight excluding hydrogens is 400 g/mol. The highest BCUT2D eigenvalue weighted by molar-refractivity contribution is 5.97. The van der Waals surface area contributed by atoms with Gasteiger partial charge in [0.15, 0.2) is 6.61 Å². The predicted molar refractivity (Wildman–Crippen MR) is 116 cm³/mol. The van der Waals surface area contributed by atoms with Crippen LogP contribution >= 0.6 is 0 Å². The van der Waals surface area contributed by atoms with Gasteiger partial charge in [-0.1, -0.05) is 33.1 Å². The number of methoxy groups -OCH3 is 2. The van der Waals surface area contributed by atoms with Gasteiger partial charge in [0.25, 0.3) is 11.8 Å². The average molecular weight is 435 g/mol. The van der Waals surface area contributed by atoms with E-state index in [4.69, 9.17) is 14.2 Å². The van der Waals surface area contributed by atoms with Crippen molar-refractivity contribution >= 4 is 17.8 Å². The molecule has 0 aromatic heterocycles. The molecule has 0 unspecified atom stereocenters. The second kappa shape index (κ2) is 12.2. The highest BCUT2D eigenvalue weighted by Gasteiger charge is 2.27. The van der Waals surface area contributed by atoms with Gasteiger partial charge in [-0.25, -0.2) is 4.79 Å². The molecule has 1 aromatic carbocycles. The molecule has 1 aliphatic carbocycles. The summed E-state index contributed by atoms with van der Waals surface area (Å²) in [5.41, 5.74) is 0.292. The van der Waals surface area contributed by atoms with E-state index in [-0.39, 0.29) is 18.4 Å². The molecule has 0 bridgehead atoms. The normalized spacial score (nSPS) is 15.1. The number of rotatable bonds is 10. The molecule has 1 aliphatic rings. The van der Waals surface area contributed by atoms with E-state index in [0.29, 0.717) is 29.5 Å². The van der Waals surface area contributed by atoms with Crippen molar-refractivity contribution in [2.24, 2.45) is 11.8 Å². The molecule has 1 fully saturated rings. The van der Waals surface area contributed by atoms with Gasteiger partial charge in [0.2, 0.25) is 0 Å². The Morgan fingerprint density at radius 3 is 2.16 bits per heavy atom. The zero-order valence-corrected chi connectivity index (χ0v) is 18.9. The lowest BCUT2D eigenvalue weighted by Gasteiger charge is -2.22. The van der Waals surface area contributed by atoms with Crippen LogP contribution in [0.15, 0.2) is 18.2 Å². The molecule has 8 nitrogen and oxygen atoms in total. The number of carbonyl (C=O) groups is 3. The van der Waals surface area contributed by atoms with E-state index in [1.165, 1.54) is 33.5 Å². The molecular formula is C23H34N2O6. The molecule has 0 saturated heterocycles. The van der Waals surface area contributed by atoms with Gasteiger partial charge in [-0.05, 0) is 36.8 Å². The minimum Gasteiger partial charge on any atom is -0.497 e. The maximum Gasteiger partial charge on any atom is 0.329 e. The van der Waals surface area contributed by atoms with Gasteiger partial charge in [0, 0.05) is 18.2 Å². The third-order valence-corrected chi connectivity index (χ3v) is 5.48. The first-order valence-electron chi connectivity index (χ1n) is 10.8. The first kappa shape index (κ1) is 24.5. The third-order valence-electron chi connectivity index (χ3n) is 5.48. The summed E-state index contributed by atoms with van der Waals surface area (Å²) in [6.45, 7) is 3.83. The average Bonchev–Trinajstić information content (AvgIpc) is 2.79. The number of amides is 2. The fraction of sp³-hybridized carbons (Fsp3) is 0.609. The summed E-state index contributed by atoms with van der Waals surface area (Å²) in [5, 5.41) is 5.52. The number of ether oxygens (including phenoxy) is 3. The van der Waals surface area contributed by atoms with Crippen LogP contribution < -0.4 is 20.1 Å². The summed E-state index contributed by atoms with van der Waals surface area (Å²) >= 11 is 0. The molecule has 0 radical (unpaired) electrons. The van der Waals surface area contributed by atoms with Crippen LogP contribution in [0.2, 0.25) is 0 Å². The first-order chi connectivity index (χ1) is 14.8. The SMILES string of the molecule is COc1cc(OC)cc(C(=O)N[C@H](C(=O)OCC(=O)NCC2CCCCC2)C(C)C)c1. The quantitative estimate of drug-likeness (QED) is 0.549. The Morgan fingerprint density at radius 2 is 1.61 bits per heavy atom. The lowest BCUT2D eigenvalue weighted by Crippen LogP contribution is -2.46. The van der Waals surface area contributed by atoms with E-state index >= 15 is 0 Å². The topological polar surface area (TPSA) is 103 Å². The maximum absolute atomic E-state index is 12.7. The summed E-state index contributed by atoms with van der Waals surface area (Å²) < 4.78 is 15.5. The second-order valence-electron chi connectivity index (χ2n) is 8.21. The lowest BCUT2D eigenvalue weighted by molar-refractivity contribution is -0.151. The van der Waals surface area contributed by atoms with Gasteiger partial charge in [0.1, 0.15) is 17.5 Å². The predicted octanol–water partition coefficient (Wildman–Crippen LogP) is 2.70. The van der Waals surface area contributed by atoms with Crippen LogP contribution in [-0.2, 0) is 14.3 Å². The molecule has 0 heterocycles. The number of hydrogen-bond donors (Lipinski definition) is 2. The van der Waals surface area contributed by atoms with E-state index in [0.717, 1.165) is 12.8 Å². The standard InChI is InChI=1S/C23H34N2O6/c1-15(2)21(25-22(27)17-10-18(29-3)12-19(11-17)30-4)23(28)31-14-20(26)24-13-16-8-6-5-7-9-16/h10-12,15-16,21H,5-9,13-14H2,1-4H3,(H,24,26)(H,25,27)/t21-/m0/s1. The monoisotopic (exact) mass is 434 g/mol. The van der Waals surface area contributed by atoms with Crippen molar-refractivity contribution in [1.29, 1.82) is 0 Å². The van der Waals surface area contributed by atoms with Crippen LogP contribution in [0.3, 0.4) is 0 Å². The van der Waals surface area contributed by atoms with Crippen molar-refractivity contribution in [3.05, 3.63) is 23.8 Å². The summed E-state index contributed by atoms with van der Waals surface area (Å²) in [5.74, 6) is -0.248. The second-order valence-corrected chi connectivity index (χ2v) is 8.21. The molecule has 0 spiro atoms. The number of hydrogen-bond acceptors (Lipinski definition) is 6. The fourth-order valence-electron chi connectivity index (χ4n) is 3.59. The Kier molecular flexibility index (Phi) is 9.62. The molecule has 2 rings (SSSR count). The molecule has 1 saturated carbocycles. The highest BCUT2D eigenvalue weighted by atomic mass is 16.5. The van der Waals surface area contributed by atoms with E-state index in [2.05, 4.69) is 10.6 Å². The van der Waals surface area contributed by atoms with Gasteiger partial charge >= 0.3 is 5.97 Å². The highest BCUT2D eigenvalue weighted by Crippen LogP contribution is 2.23. The zero-order valence-electron chi connectivity index (χ0n) is 18.9. The number of carbonyl (C=O) groups excluding carboxylic acids is 3. The van der Waals surface area contributed by atoms with Crippen molar-refractivity contribution in [2.45, 2.75) is 52.0 Å². The molecule has 0 aliphatic heterocycles. The first-order valence-corrected chi connectivity index (χ1v) is 10.8. The fourth-order valence-corrected chi connectivity index (χ4v) is 3.59. The van der Waals surface area contributed by atoms with Gasteiger partial charge in [0.05, 0.1) is 14.2 Å². The molecule has 1 aromatic rings. The van der Waals surface area contributed by atoms with Crippen LogP contribution in [0.5, 0.6) is 11.5 Å². The van der Waals surface area contributed by atoms with Crippen molar-refractivity contribution < 1.29 is 28.6 Å². The Bertz CT molecular complexity index is 736. The van der Waals surface area contributed by atoms with Crippen molar-refractivity contribution in [1.82, 2.24) is 10.6 Å². The molecule has 31 heavy (non-hydrogen) atoms. The molecule has 2 amide bonds. The van der Waals surface area contributed by atoms with E-state index in [1.807, 2.05) is 0 Å². The Morgan fingerprint density at radius 1 is 1.00 bits per heavy atom. The minimum absolute atomic E-state index is 0.228. The van der Waals surface area contributed by atoms with Crippen molar-refractivity contribution in [3.63, 3.8) is 0 Å². The van der Waals surface area contributed by atoms with Crippen LogP contribution in [-0.4, -0.2) is 51.2 Å². The van der Waals surface area contributed by atoms with E-state index < -0.39 is 17.9 Å². The molecule has 172 valence electrons. The lowest BCUT2D eigenvalue weighted by atomic mass is 9.89. The van der Waals surface area contributed by atoms with Crippen molar-refractivity contribution in [2.75, 3.05) is 27.4 Å². The summed E-state index contributed by atoms with van der Waals surface area (Å²) in [4.78, 5) is 37.3. The van der Waals surface area contributed by atoms with Gasteiger partial charge < -0.3 is 24.8 Å². The summed E-state index contributed by atoms with van der Waals surface area (Å²) in [6.07, 6.45) is 5.90. The molecule has 2 N–H and O–H groups in total. The van der Waals surface area contributed by atoms with Crippen LogP contribution in [0.25, 0.3) is 0 Å². The zero-order chi connectivity index (χ0) is 22.8. The number of benzene rings is 1. The molecule has 1 atom stereocenters. The van der Waals surface area contributed by atoms with E-state index in [1.54, 1.807) is 32.0 Å². The number of nitrogens with one attached hydrogen (secondary N) is 2. The minimum atomic E-state index is -0.893. The summed E-state index contributed by atoms with van der Waals surface area (Å²) in [7, 11) is 2.98. The van der Waals surface area contributed by atoms with E-state index in [9.17, 15) is 14.4 Å². The van der Waals surface area contributed by atoms with Crippen molar-refractivity contribution in [3.8, 4) is 11.5 Å². The van der Waals surface area contributed by atoms with Crippen LogP contribution in [0.4, 0.5) is 0 Å². The Hall–Kier alpha value is -2.77. The Balaban J connectivity index is 1.89. The maximum atomic E-state index is 12.7. The van der Waals surface area contributed by atoms with Gasteiger partial charge in [-0.15, -0.1) is 0 Å². The van der Waals surface area contributed by atoms with Crippen LogP contribution in [0.1, 0.15) is 56.3 Å². The van der Waals surface area contributed by atoms with Gasteiger partial charge in [-0.3, -0.25) is 9.59 Å². The van der Waals surface area contributed by atoms with Crippen LogP contribution in [0, 0.1) is 11.8 Å². The third kappa shape index (κ3) is 7.77.